The molecule has 1 aromatic carbocycles. The first-order valence-corrected chi connectivity index (χ1v) is 8.49. The number of aromatic nitrogens is 5. The zero-order chi connectivity index (χ0) is 19.8. The Morgan fingerprint density at radius 3 is 2.73 bits per heavy atom. The summed E-state index contributed by atoms with van der Waals surface area (Å²) in [4.78, 5) is 9.08. The van der Waals surface area contributed by atoms with Gasteiger partial charge >= 0.3 is 0 Å². The lowest BCUT2D eigenvalue weighted by atomic mass is 10.2. The van der Waals surface area contributed by atoms with Gasteiger partial charge in [-0.25, -0.2) is 18.7 Å². The van der Waals surface area contributed by atoms with Gasteiger partial charge in [-0.1, -0.05) is 18.2 Å². The number of hydrogen-bond acceptors (Lipinski definition) is 2. The van der Waals surface area contributed by atoms with Gasteiger partial charge in [0.1, 0.15) is 12.2 Å². The largest absolute Gasteiger partial charge is 0.275 e. The third-order valence-electron chi connectivity index (χ3n) is 5.08. The van der Waals surface area contributed by atoms with E-state index in [4.69, 9.17) is 4.11 Å². The molecule has 0 amide bonds. The SMILES string of the molecule is [2H]C([2H])([2H])[n+]1c2n(c3c4cccnc4n(-c4ccccc4)c31)Cc1ncccc1-2. The number of para-hydroxylation sites is 1. The van der Waals surface area contributed by atoms with Gasteiger partial charge in [-0.3, -0.25) is 4.98 Å². The van der Waals surface area contributed by atoms with Gasteiger partial charge in [0, 0.05) is 12.4 Å². The molecule has 0 radical (unpaired) electrons. The lowest BCUT2D eigenvalue weighted by Gasteiger charge is -2.02. The Bertz CT molecular complexity index is 1410. The maximum atomic E-state index is 8.34. The topological polar surface area (TPSA) is 39.5 Å². The minimum atomic E-state index is -2.36. The first kappa shape index (κ1) is 11.2. The minimum Gasteiger partial charge on any atom is -0.257 e. The number of nitrogens with zero attached hydrogens (tertiary/aromatic N) is 5. The number of fused-ring (bicyclic) bond motifs is 7. The Kier molecular flexibility index (Phi) is 2.06. The highest BCUT2D eigenvalue weighted by molar-refractivity contribution is 6.04. The molecule has 6 rings (SSSR count). The number of benzene rings is 1. The van der Waals surface area contributed by atoms with Crippen LogP contribution >= 0.6 is 0 Å². The van der Waals surface area contributed by atoms with Gasteiger partial charge in [0.25, 0.3) is 5.65 Å². The Hall–Kier alpha value is -3.47. The molecule has 0 saturated heterocycles. The van der Waals surface area contributed by atoms with Crippen molar-refractivity contribution in [2.24, 2.45) is 6.98 Å². The molecule has 1 aliphatic heterocycles. The monoisotopic (exact) mass is 341 g/mol. The zero-order valence-corrected chi connectivity index (χ0v) is 13.8. The average molecular weight is 341 g/mol. The van der Waals surface area contributed by atoms with Crippen LogP contribution in [0.2, 0.25) is 0 Å². The Morgan fingerprint density at radius 1 is 1.00 bits per heavy atom. The first-order valence-electron chi connectivity index (χ1n) is 9.99. The van der Waals surface area contributed by atoms with Gasteiger partial charge in [-0.15, -0.1) is 0 Å². The van der Waals surface area contributed by atoms with E-state index in [2.05, 4.69) is 14.5 Å². The molecule has 0 unspecified atom stereocenters. The number of hydrogen-bond donors (Lipinski definition) is 0. The summed E-state index contributed by atoms with van der Waals surface area (Å²) in [6.45, 7) is -1.83. The maximum Gasteiger partial charge on any atom is 0.275 e. The normalized spacial score (nSPS) is 14.8. The fraction of sp³-hybridized carbons (Fsp3) is 0.0952. The van der Waals surface area contributed by atoms with Gasteiger partial charge in [0.05, 0.1) is 27.7 Å². The second-order valence-electron chi connectivity index (χ2n) is 6.46. The van der Waals surface area contributed by atoms with Crippen LogP contribution in [0.15, 0.2) is 67.0 Å². The van der Waals surface area contributed by atoms with E-state index in [1.807, 2.05) is 59.2 Å². The van der Waals surface area contributed by atoms with Crippen LogP contribution in [0.3, 0.4) is 0 Å². The molecule has 0 N–H and O–H groups in total. The van der Waals surface area contributed by atoms with Crippen molar-refractivity contribution in [1.29, 1.82) is 0 Å². The van der Waals surface area contributed by atoms with Crippen molar-refractivity contribution in [2.75, 3.05) is 0 Å². The summed E-state index contributed by atoms with van der Waals surface area (Å²) in [5.74, 6) is 0.661. The van der Waals surface area contributed by atoms with Crippen LogP contribution in [-0.2, 0) is 13.5 Å². The van der Waals surface area contributed by atoms with Crippen molar-refractivity contribution in [1.82, 2.24) is 19.1 Å². The lowest BCUT2D eigenvalue weighted by molar-refractivity contribution is -0.636. The van der Waals surface area contributed by atoms with E-state index < -0.39 is 6.98 Å². The van der Waals surface area contributed by atoms with Crippen LogP contribution in [0.5, 0.6) is 0 Å². The van der Waals surface area contributed by atoms with E-state index in [0.717, 1.165) is 33.5 Å². The molecular formula is C21H16N5+. The molecular weight excluding hydrogens is 322 g/mol. The van der Waals surface area contributed by atoms with E-state index in [9.17, 15) is 0 Å². The predicted octanol–water partition coefficient (Wildman–Crippen LogP) is 3.23. The summed E-state index contributed by atoms with van der Waals surface area (Å²) in [5, 5.41) is 0.920. The summed E-state index contributed by atoms with van der Waals surface area (Å²) in [5.41, 5.74) is 4.83. The van der Waals surface area contributed by atoms with Crippen LogP contribution in [0.25, 0.3) is 39.3 Å². The number of aryl methyl sites for hydroxylation is 1. The fourth-order valence-corrected chi connectivity index (χ4v) is 4.04. The molecule has 0 bridgehead atoms. The Morgan fingerprint density at radius 2 is 1.85 bits per heavy atom. The highest BCUT2D eigenvalue weighted by Crippen LogP contribution is 2.37. The quantitative estimate of drug-likeness (QED) is 0.431. The molecule has 5 heterocycles. The number of imidazole rings is 1. The summed E-state index contributed by atoms with van der Waals surface area (Å²) in [6, 6.07) is 17.4. The summed E-state index contributed by atoms with van der Waals surface area (Å²) >= 11 is 0. The predicted molar refractivity (Wildman–Crippen MR) is 100 cm³/mol. The molecule has 0 atom stereocenters. The van der Waals surface area contributed by atoms with Crippen molar-refractivity contribution < 1.29 is 8.68 Å². The van der Waals surface area contributed by atoms with Crippen LogP contribution in [0.4, 0.5) is 0 Å². The summed E-state index contributed by atoms with van der Waals surface area (Å²) in [6.07, 6.45) is 3.48. The molecule has 0 aliphatic carbocycles. The molecule has 4 aromatic heterocycles. The third kappa shape index (κ3) is 1.57. The van der Waals surface area contributed by atoms with E-state index >= 15 is 0 Å². The number of rotatable bonds is 1. The van der Waals surface area contributed by atoms with Crippen molar-refractivity contribution in [3.8, 4) is 17.1 Å². The first-order chi connectivity index (χ1) is 14.1. The van der Waals surface area contributed by atoms with E-state index in [-0.39, 0.29) is 0 Å². The van der Waals surface area contributed by atoms with Crippen LogP contribution < -0.4 is 4.57 Å². The van der Waals surface area contributed by atoms with Crippen LogP contribution in [0.1, 0.15) is 9.81 Å². The van der Waals surface area contributed by atoms with Gasteiger partial charge in [-0.2, -0.15) is 0 Å². The molecule has 5 nitrogen and oxygen atoms in total. The molecule has 1 aliphatic rings. The fourth-order valence-electron chi connectivity index (χ4n) is 4.04. The van der Waals surface area contributed by atoms with Gasteiger partial charge in [0.2, 0.25) is 11.5 Å². The van der Waals surface area contributed by atoms with E-state index in [1.54, 1.807) is 12.4 Å². The number of pyridine rings is 2. The second-order valence-corrected chi connectivity index (χ2v) is 6.46. The average Bonchev–Trinajstić information content (AvgIpc) is 3.34. The van der Waals surface area contributed by atoms with Crippen molar-refractivity contribution in [2.45, 2.75) is 6.54 Å². The highest BCUT2D eigenvalue weighted by Gasteiger charge is 2.36. The van der Waals surface area contributed by atoms with Crippen molar-refractivity contribution >= 4 is 22.2 Å². The van der Waals surface area contributed by atoms with Crippen molar-refractivity contribution in [3.05, 3.63) is 72.7 Å². The van der Waals surface area contributed by atoms with Gasteiger partial charge < -0.3 is 0 Å². The van der Waals surface area contributed by atoms with E-state index in [0.29, 0.717) is 18.0 Å². The van der Waals surface area contributed by atoms with Crippen LogP contribution in [-0.4, -0.2) is 19.1 Å². The third-order valence-corrected chi connectivity index (χ3v) is 5.08. The zero-order valence-electron chi connectivity index (χ0n) is 16.8. The Labute approximate surface area is 154 Å². The van der Waals surface area contributed by atoms with Gasteiger partial charge in [-0.05, 0) is 36.4 Å². The van der Waals surface area contributed by atoms with Crippen molar-refractivity contribution in [3.63, 3.8) is 0 Å². The minimum absolute atomic E-state index is 0.536. The maximum absolute atomic E-state index is 8.34. The molecule has 26 heavy (non-hydrogen) atoms. The summed E-state index contributed by atoms with van der Waals surface area (Å²) in [7, 11) is 0. The molecule has 124 valence electrons. The molecule has 5 aromatic rings. The van der Waals surface area contributed by atoms with E-state index in [1.165, 1.54) is 4.57 Å². The smallest absolute Gasteiger partial charge is 0.257 e. The lowest BCUT2D eigenvalue weighted by Crippen LogP contribution is -2.31. The van der Waals surface area contributed by atoms with Gasteiger partial charge in [0.15, 0.2) is 5.52 Å². The Balaban J connectivity index is 1.88. The molecule has 5 heteroatoms. The standard InChI is InChI=1S/C21H16N5/c1-24-20-15-9-5-11-22-17(15)13-25(20)18-16-10-6-12-23-19(16)26(21(18)24)14-7-3-2-4-8-14/h2-12H,13H2,1H3/q+1/i1D3. The van der Waals surface area contributed by atoms with Crippen LogP contribution in [0, 0.1) is 0 Å². The molecule has 0 saturated carbocycles. The molecule has 0 fully saturated rings. The molecule has 0 spiro atoms. The second kappa shape index (κ2) is 4.79. The highest BCUT2D eigenvalue weighted by atomic mass is 15.3. The summed E-state index contributed by atoms with van der Waals surface area (Å²) < 4.78 is 30.5.